The molecular formula is C24H36O3. The van der Waals surface area contributed by atoms with Crippen molar-refractivity contribution < 1.29 is 14.3 Å². The van der Waals surface area contributed by atoms with Crippen LogP contribution in [-0.4, -0.2) is 24.3 Å². The Kier molecular flexibility index (Phi) is 5.12. The summed E-state index contributed by atoms with van der Waals surface area (Å²) >= 11 is 0. The number of Topliss-reactive ketones (excluding diaryl/α,β-unsaturated/α-hetero) is 1. The highest BCUT2D eigenvalue weighted by atomic mass is 16.5. The van der Waals surface area contributed by atoms with Gasteiger partial charge < -0.3 is 4.74 Å². The molecule has 0 saturated heterocycles. The molecular weight excluding hydrogens is 336 g/mol. The number of carbonyl (C=O) groups excluding carboxylic acids is 2. The fourth-order valence-corrected chi connectivity index (χ4v) is 7.09. The molecule has 0 aromatic rings. The number of carbonyl (C=O) groups is 2. The summed E-state index contributed by atoms with van der Waals surface area (Å²) in [6.07, 6.45) is 12.2. The molecule has 4 aliphatic rings. The van der Waals surface area contributed by atoms with Gasteiger partial charge in [0, 0.05) is 18.4 Å². The second-order valence-corrected chi connectivity index (χ2v) is 10.1. The van der Waals surface area contributed by atoms with Crippen LogP contribution in [0, 0.1) is 28.6 Å². The van der Waals surface area contributed by atoms with Crippen molar-refractivity contribution in [2.75, 3.05) is 6.61 Å². The number of fused-ring (bicyclic) bond motifs is 5. The van der Waals surface area contributed by atoms with E-state index in [1.807, 2.05) is 6.08 Å². The molecule has 3 fully saturated rings. The maximum Gasteiger partial charge on any atom is 0.184 e. The number of unbranched alkanes of at least 4 members (excludes halogenated alkanes) is 2. The zero-order valence-electron chi connectivity index (χ0n) is 17.4. The quantitative estimate of drug-likeness (QED) is 0.617. The molecule has 4 rings (SSSR count). The average molecular weight is 373 g/mol. The van der Waals surface area contributed by atoms with E-state index >= 15 is 0 Å². The van der Waals surface area contributed by atoms with Gasteiger partial charge in [0.1, 0.15) is 11.9 Å². The van der Waals surface area contributed by atoms with Crippen molar-refractivity contribution in [3.05, 3.63) is 11.6 Å². The normalized spacial score (nSPS) is 43.7. The predicted molar refractivity (Wildman–Crippen MR) is 106 cm³/mol. The largest absolute Gasteiger partial charge is 0.370 e. The summed E-state index contributed by atoms with van der Waals surface area (Å²) in [6, 6.07) is 0. The fraction of sp³-hybridized carbons (Fsp3) is 0.833. The molecule has 0 bridgehead atoms. The van der Waals surface area contributed by atoms with Crippen molar-refractivity contribution in [2.45, 2.75) is 91.1 Å². The Morgan fingerprint density at radius 3 is 2.59 bits per heavy atom. The highest BCUT2D eigenvalue weighted by molar-refractivity contribution is 5.95. The zero-order valence-corrected chi connectivity index (χ0v) is 17.4. The maximum atomic E-state index is 12.6. The first-order valence-corrected chi connectivity index (χ1v) is 11.3. The van der Waals surface area contributed by atoms with Crippen LogP contribution in [0.2, 0.25) is 0 Å². The van der Waals surface area contributed by atoms with E-state index in [2.05, 4.69) is 20.8 Å². The van der Waals surface area contributed by atoms with Gasteiger partial charge in [0.05, 0.1) is 0 Å². The number of ether oxygens (including phenoxy) is 1. The molecule has 3 nitrogen and oxygen atoms in total. The predicted octanol–water partition coefficient (Wildman–Crippen LogP) is 5.27. The summed E-state index contributed by atoms with van der Waals surface area (Å²) in [5, 5.41) is 0. The summed E-state index contributed by atoms with van der Waals surface area (Å²) in [4.78, 5) is 25.2. The molecule has 4 aliphatic carbocycles. The van der Waals surface area contributed by atoms with Crippen molar-refractivity contribution in [1.82, 2.24) is 0 Å². The van der Waals surface area contributed by atoms with Gasteiger partial charge in [0.25, 0.3) is 0 Å². The van der Waals surface area contributed by atoms with Crippen molar-refractivity contribution >= 4 is 11.6 Å². The summed E-state index contributed by atoms with van der Waals surface area (Å²) in [6.45, 7) is 7.52. The third kappa shape index (κ3) is 3.05. The van der Waals surface area contributed by atoms with Gasteiger partial charge in [-0.2, -0.15) is 0 Å². The summed E-state index contributed by atoms with van der Waals surface area (Å²) in [5.74, 6) is 2.51. The van der Waals surface area contributed by atoms with Crippen molar-refractivity contribution in [3.63, 3.8) is 0 Å². The van der Waals surface area contributed by atoms with Crippen LogP contribution in [-0.2, 0) is 14.3 Å². The van der Waals surface area contributed by atoms with Gasteiger partial charge in [-0.15, -0.1) is 0 Å². The third-order valence-electron chi connectivity index (χ3n) is 8.76. The van der Waals surface area contributed by atoms with Crippen molar-refractivity contribution in [3.8, 4) is 0 Å². The molecule has 0 amide bonds. The lowest BCUT2D eigenvalue weighted by molar-refractivity contribution is -0.136. The molecule has 3 saturated carbocycles. The Morgan fingerprint density at radius 2 is 1.81 bits per heavy atom. The van der Waals surface area contributed by atoms with Gasteiger partial charge in [-0.25, -0.2) is 0 Å². The van der Waals surface area contributed by atoms with Crippen LogP contribution < -0.4 is 0 Å². The van der Waals surface area contributed by atoms with Gasteiger partial charge >= 0.3 is 0 Å². The van der Waals surface area contributed by atoms with Crippen LogP contribution in [0.5, 0.6) is 0 Å². The van der Waals surface area contributed by atoms with Crippen LogP contribution >= 0.6 is 0 Å². The molecule has 0 aromatic carbocycles. The number of hydrogen-bond acceptors (Lipinski definition) is 3. The molecule has 0 radical (unpaired) electrons. The summed E-state index contributed by atoms with van der Waals surface area (Å²) < 4.78 is 6.07. The second kappa shape index (κ2) is 7.13. The number of ketones is 2. The van der Waals surface area contributed by atoms with Crippen molar-refractivity contribution in [2.24, 2.45) is 28.6 Å². The Labute approximate surface area is 164 Å². The summed E-state index contributed by atoms with van der Waals surface area (Å²) in [7, 11) is 0. The Balaban J connectivity index is 1.54. The van der Waals surface area contributed by atoms with Gasteiger partial charge in [-0.05, 0) is 74.2 Å². The lowest BCUT2D eigenvalue weighted by Crippen LogP contribution is -2.52. The smallest absolute Gasteiger partial charge is 0.184 e. The minimum Gasteiger partial charge on any atom is -0.370 e. The first-order valence-electron chi connectivity index (χ1n) is 11.3. The summed E-state index contributed by atoms with van der Waals surface area (Å²) in [5.41, 5.74) is 1.38. The van der Waals surface area contributed by atoms with E-state index in [9.17, 15) is 9.59 Å². The molecule has 0 aromatic heterocycles. The van der Waals surface area contributed by atoms with Gasteiger partial charge in [-0.1, -0.05) is 39.2 Å². The average Bonchev–Trinajstić information content (AvgIpc) is 2.95. The third-order valence-corrected chi connectivity index (χ3v) is 8.76. The van der Waals surface area contributed by atoms with Crippen molar-refractivity contribution in [1.29, 1.82) is 0 Å². The van der Waals surface area contributed by atoms with E-state index in [1.54, 1.807) is 0 Å². The van der Waals surface area contributed by atoms with Gasteiger partial charge in [0.15, 0.2) is 5.78 Å². The van der Waals surface area contributed by atoms with E-state index in [0.717, 1.165) is 57.8 Å². The number of allylic oxidation sites excluding steroid dienone is 1. The second-order valence-electron chi connectivity index (χ2n) is 10.1. The Morgan fingerprint density at radius 1 is 1.04 bits per heavy atom. The minimum atomic E-state index is -0.257. The van der Waals surface area contributed by atoms with Crippen LogP contribution in [0.25, 0.3) is 0 Å². The topological polar surface area (TPSA) is 43.4 Å². The molecule has 0 aliphatic heterocycles. The zero-order chi connectivity index (χ0) is 19.2. The lowest BCUT2D eigenvalue weighted by Gasteiger charge is -2.57. The Hall–Kier alpha value is -0.960. The fourth-order valence-electron chi connectivity index (χ4n) is 7.09. The maximum absolute atomic E-state index is 12.6. The van der Waals surface area contributed by atoms with Crippen LogP contribution in [0.3, 0.4) is 0 Å². The van der Waals surface area contributed by atoms with Crippen LogP contribution in [0.15, 0.2) is 11.6 Å². The molecule has 0 N–H and O–H groups in total. The molecule has 0 heterocycles. The minimum absolute atomic E-state index is 0.0702. The highest BCUT2D eigenvalue weighted by Gasteiger charge is 2.59. The van der Waals surface area contributed by atoms with E-state index in [1.165, 1.54) is 12.0 Å². The highest BCUT2D eigenvalue weighted by Crippen LogP contribution is 2.64. The first-order chi connectivity index (χ1) is 12.9. The molecule has 0 spiro atoms. The standard InChI is InChI=1S/C24H36O3/c1-4-5-6-13-27-21-15-24(3)16(14-20(21)25)7-8-17-18-9-10-22(26)23(18,2)12-11-19(17)24/h14,17-19,21H,4-13,15H2,1-3H3/t17-,18-,19-,21?,23-,24-/m0/s1. The van der Waals surface area contributed by atoms with E-state index < -0.39 is 0 Å². The number of hydrogen-bond donors (Lipinski definition) is 0. The SMILES string of the molecule is CCCCCOC1C[C@@]2(C)C(=CC1=O)CC[C@@H]1[C@@H]2CC[C@]2(C)C(=O)CC[C@@H]12. The molecule has 150 valence electrons. The molecule has 27 heavy (non-hydrogen) atoms. The van der Waals surface area contributed by atoms with E-state index in [4.69, 9.17) is 4.74 Å². The van der Waals surface area contributed by atoms with E-state index in [-0.39, 0.29) is 22.7 Å². The molecule has 3 heteroatoms. The number of rotatable bonds is 5. The van der Waals surface area contributed by atoms with Gasteiger partial charge in [0.2, 0.25) is 0 Å². The molecule has 6 atom stereocenters. The lowest BCUT2D eigenvalue weighted by atomic mass is 9.47. The first kappa shape index (κ1) is 19.4. The van der Waals surface area contributed by atoms with Gasteiger partial charge in [-0.3, -0.25) is 9.59 Å². The van der Waals surface area contributed by atoms with Crippen LogP contribution in [0.4, 0.5) is 0 Å². The molecule has 1 unspecified atom stereocenters. The monoisotopic (exact) mass is 372 g/mol. The Bertz CT molecular complexity index is 650. The van der Waals surface area contributed by atoms with E-state index in [0.29, 0.717) is 30.1 Å². The van der Waals surface area contributed by atoms with Crippen LogP contribution in [0.1, 0.15) is 85.0 Å².